The van der Waals surface area contributed by atoms with Gasteiger partial charge in [-0.15, -0.1) is 0 Å². The molecule has 7 heteroatoms. The summed E-state index contributed by atoms with van der Waals surface area (Å²) in [6.45, 7) is 1.84. The Labute approximate surface area is 169 Å². The molecule has 1 heterocycles. The van der Waals surface area contributed by atoms with Gasteiger partial charge in [-0.2, -0.15) is 0 Å². The third-order valence-corrected chi connectivity index (χ3v) is 5.06. The van der Waals surface area contributed by atoms with Crippen molar-refractivity contribution in [2.45, 2.75) is 12.8 Å². The van der Waals surface area contributed by atoms with E-state index in [-0.39, 0.29) is 17.8 Å². The van der Waals surface area contributed by atoms with Gasteiger partial charge < -0.3 is 19.7 Å². The van der Waals surface area contributed by atoms with Crippen LogP contribution in [-0.2, 0) is 14.3 Å². The Bertz CT molecular complexity index is 820. The molecular weight excluding hydrogens is 380 g/mol. The number of halogens is 1. The van der Waals surface area contributed by atoms with E-state index in [0.717, 1.165) is 30.8 Å². The molecule has 0 atom stereocenters. The summed E-state index contributed by atoms with van der Waals surface area (Å²) in [5.41, 5.74) is 0.533. The van der Waals surface area contributed by atoms with Gasteiger partial charge in [-0.05, 0) is 30.3 Å². The van der Waals surface area contributed by atoms with Crippen LogP contribution in [0.1, 0.15) is 12.8 Å². The van der Waals surface area contributed by atoms with Crippen LogP contribution in [-0.4, -0.2) is 38.6 Å². The molecule has 0 bridgehead atoms. The number of carbonyl (C=O) groups excluding carboxylic acids is 2. The van der Waals surface area contributed by atoms with E-state index in [0.29, 0.717) is 28.8 Å². The highest BCUT2D eigenvalue weighted by Gasteiger charge is 2.29. The summed E-state index contributed by atoms with van der Waals surface area (Å²) in [5, 5.41) is 3.42. The SMILES string of the molecule is COC(=O)C1CC[NH+](CC(=O)Nc2cc(Cl)ccc2Oc2ccccc2)CC1. The van der Waals surface area contributed by atoms with Crippen LogP contribution < -0.4 is 15.0 Å². The average molecular weight is 404 g/mol. The topological polar surface area (TPSA) is 69.1 Å². The maximum Gasteiger partial charge on any atom is 0.309 e. The summed E-state index contributed by atoms with van der Waals surface area (Å²) in [4.78, 5) is 25.3. The van der Waals surface area contributed by atoms with E-state index in [1.165, 1.54) is 7.11 Å². The lowest BCUT2D eigenvalue weighted by Gasteiger charge is -2.27. The van der Waals surface area contributed by atoms with Gasteiger partial charge in [0.05, 0.1) is 31.8 Å². The summed E-state index contributed by atoms with van der Waals surface area (Å²) in [7, 11) is 1.41. The van der Waals surface area contributed by atoms with Crippen LogP contribution in [0.15, 0.2) is 48.5 Å². The van der Waals surface area contributed by atoms with Crippen molar-refractivity contribution in [3.05, 3.63) is 53.6 Å². The number of rotatable bonds is 6. The number of hydrogen-bond donors (Lipinski definition) is 2. The van der Waals surface area contributed by atoms with Crippen LogP contribution in [0.3, 0.4) is 0 Å². The number of nitrogens with one attached hydrogen (secondary N) is 2. The zero-order valence-electron chi connectivity index (χ0n) is 15.7. The Morgan fingerprint density at radius 2 is 1.86 bits per heavy atom. The number of carbonyl (C=O) groups is 2. The van der Waals surface area contributed by atoms with Crippen molar-refractivity contribution in [2.75, 3.05) is 32.1 Å². The number of amides is 1. The molecule has 0 radical (unpaired) electrons. The van der Waals surface area contributed by atoms with E-state index in [9.17, 15) is 9.59 Å². The molecule has 28 heavy (non-hydrogen) atoms. The zero-order chi connectivity index (χ0) is 19.9. The predicted molar refractivity (Wildman–Crippen MR) is 107 cm³/mol. The molecule has 0 aromatic heterocycles. The molecule has 1 aliphatic rings. The van der Waals surface area contributed by atoms with Gasteiger partial charge in [-0.3, -0.25) is 9.59 Å². The third-order valence-electron chi connectivity index (χ3n) is 4.82. The average Bonchev–Trinajstić information content (AvgIpc) is 2.71. The van der Waals surface area contributed by atoms with Crippen LogP contribution in [0.5, 0.6) is 11.5 Å². The second-order valence-electron chi connectivity index (χ2n) is 6.83. The minimum Gasteiger partial charge on any atom is -0.469 e. The third kappa shape index (κ3) is 5.47. The second kappa shape index (κ2) is 9.57. The summed E-state index contributed by atoms with van der Waals surface area (Å²) < 4.78 is 10.7. The molecule has 0 saturated carbocycles. The number of likely N-dealkylation sites (tertiary alicyclic amines) is 1. The zero-order valence-corrected chi connectivity index (χ0v) is 16.5. The van der Waals surface area contributed by atoms with E-state index < -0.39 is 0 Å². The minimum absolute atomic E-state index is 0.0596. The Morgan fingerprint density at radius 3 is 2.54 bits per heavy atom. The maximum absolute atomic E-state index is 12.5. The van der Waals surface area contributed by atoms with E-state index in [1.807, 2.05) is 30.3 Å². The highest BCUT2D eigenvalue weighted by Crippen LogP contribution is 2.31. The van der Waals surface area contributed by atoms with Crippen molar-refractivity contribution in [1.29, 1.82) is 0 Å². The number of esters is 1. The van der Waals surface area contributed by atoms with Gasteiger partial charge in [-0.25, -0.2) is 0 Å². The molecule has 148 valence electrons. The molecule has 2 aromatic carbocycles. The smallest absolute Gasteiger partial charge is 0.309 e. The Balaban J connectivity index is 1.59. The lowest BCUT2D eigenvalue weighted by Crippen LogP contribution is -3.14. The van der Waals surface area contributed by atoms with Gasteiger partial charge in [0.15, 0.2) is 12.3 Å². The second-order valence-corrected chi connectivity index (χ2v) is 7.26. The standard InChI is InChI=1S/C21H23ClN2O4/c1-27-21(26)15-9-11-24(12-10-15)14-20(25)23-18-13-16(22)7-8-19(18)28-17-5-3-2-4-6-17/h2-8,13,15H,9-12,14H2,1H3,(H,23,25)/p+1. The number of para-hydroxylation sites is 1. The number of piperidine rings is 1. The number of methoxy groups -OCH3 is 1. The number of quaternary nitrogens is 1. The fraction of sp³-hybridized carbons (Fsp3) is 0.333. The highest BCUT2D eigenvalue weighted by molar-refractivity contribution is 6.31. The molecule has 0 aliphatic carbocycles. The molecule has 0 spiro atoms. The normalized spacial score (nSPS) is 18.9. The Hall–Kier alpha value is -2.57. The van der Waals surface area contributed by atoms with E-state index in [2.05, 4.69) is 5.32 Å². The highest BCUT2D eigenvalue weighted by atomic mass is 35.5. The van der Waals surface area contributed by atoms with Crippen molar-refractivity contribution in [3.63, 3.8) is 0 Å². The van der Waals surface area contributed by atoms with Crippen molar-refractivity contribution in [2.24, 2.45) is 5.92 Å². The molecule has 2 N–H and O–H groups in total. The molecular formula is C21H24ClN2O4+. The molecule has 1 aliphatic heterocycles. The van der Waals surface area contributed by atoms with Gasteiger partial charge in [0.25, 0.3) is 5.91 Å². The monoisotopic (exact) mass is 403 g/mol. The van der Waals surface area contributed by atoms with Crippen molar-refractivity contribution >= 4 is 29.2 Å². The predicted octanol–water partition coefficient (Wildman–Crippen LogP) is 2.54. The quantitative estimate of drug-likeness (QED) is 0.727. The fourth-order valence-electron chi connectivity index (χ4n) is 3.33. The lowest BCUT2D eigenvalue weighted by atomic mass is 9.97. The van der Waals surface area contributed by atoms with Crippen LogP contribution >= 0.6 is 11.6 Å². The summed E-state index contributed by atoms with van der Waals surface area (Å²) >= 11 is 6.10. The molecule has 1 amide bonds. The molecule has 0 unspecified atom stereocenters. The Kier molecular flexibility index (Phi) is 6.90. The van der Waals surface area contributed by atoms with Crippen molar-refractivity contribution in [3.8, 4) is 11.5 Å². The Morgan fingerprint density at radius 1 is 1.14 bits per heavy atom. The molecule has 2 aromatic rings. The maximum atomic E-state index is 12.5. The number of anilines is 1. The van der Waals surface area contributed by atoms with Crippen LogP contribution in [0, 0.1) is 5.92 Å². The first-order valence-corrected chi connectivity index (χ1v) is 9.66. The summed E-state index contributed by atoms with van der Waals surface area (Å²) in [5.74, 6) is 0.867. The van der Waals surface area contributed by atoms with Gasteiger partial charge in [0.2, 0.25) is 0 Å². The van der Waals surface area contributed by atoms with Crippen LogP contribution in [0.2, 0.25) is 5.02 Å². The van der Waals surface area contributed by atoms with E-state index in [1.54, 1.807) is 18.2 Å². The van der Waals surface area contributed by atoms with Crippen LogP contribution in [0.25, 0.3) is 0 Å². The molecule has 3 rings (SSSR count). The van der Waals surface area contributed by atoms with Crippen molar-refractivity contribution in [1.82, 2.24) is 0 Å². The molecule has 1 fully saturated rings. The minimum atomic E-state index is -0.162. The summed E-state index contributed by atoms with van der Waals surface area (Å²) in [6.07, 6.45) is 1.46. The molecule has 1 saturated heterocycles. The summed E-state index contributed by atoms with van der Waals surface area (Å²) in [6, 6.07) is 14.5. The number of ether oxygens (including phenoxy) is 2. The van der Waals surface area contributed by atoms with Crippen LogP contribution in [0.4, 0.5) is 5.69 Å². The first-order chi connectivity index (χ1) is 13.5. The number of benzene rings is 2. The largest absolute Gasteiger partial charge is 0.469 e. The van der Waals surface area contributed by atoms with E-state index >= 15 is 0 Å². The van der Waals surface area contributed by atoms with Gasteiger partial charge in [0.1, 0.15) is 5.75 Å². The van der Waals surface area contributed by atoms with E-state index in [4.69, 9.17) is 21.1 Å². The first kappa shape index (κ1) is 20.2. The fourth-order valence-corrected chi connectivity index (χ4v) is 3.50. The van der Waals surface area contributed by atoms with Gasteiger partial charge in [-0.1, -0.05) is 29.8 Å². The number of hydrogen-bond acceptors (Lipinski definition) is 4. The lowest BCUT2D eigenvalue weighted by molar-refractivity contribution is -0.897. The van der Waals surface area contributed by atoms with Gasteiger partial charge in [0, 0.05) is 17.9 Å². The molecule has 6 nitrogen and oxygen atoms in total. The first-order valence-electron chi connectivity index (χ1n) is 9.29. The van der Waals surface area contributed by atoms with Gasteiger partial charge >= 0.3 is 5.97 Å². The van der Waals surface area contributed by atoms with Crippen molar-refractivity contribution < 1.29 is 24.0 Å².